The zero-order valence-electron chi connectivity index (χ0n) is 12.7. The van der Waals surface area contributed by atoms with Gasteiger partial charge in [0.2, 0.25) is 5.89 Å². The number of benzene rings is 1. The SMILES string of the molecule is N[C@H](c1ccccc1)c1nnc(NCCN2CCCCC2)o1. The fourth-order valence-electron chi connectivity index (χ4n) is 2.74. The molecule has 0 saturated carbocycles. The molecule has 1 atom stereocenters. The van der Waals surface area contributed by atoms with Gasteiger partial charge in [0.1, 0.15) is 6.04 Å². The van der Waals surface area contributed by atoms with Crippen molar-refractivity contribution in [2.45, 2.75) is 25.3 Å². The van der Waals surface area contributed by atoms with Crippen molar-refractivity contribution in [3.8, 4) is 0 Å². The van der Waals surface area contributed by atoms with Crippen molar-refractivity contribution < 1.29 is 4.42 Å². The summed E-state index contributed by atoms with van der Waals surface area (Å²) in [7, 11) is 0. The van der Waals surface area contributed by atoms with Crippen LogP contribution in [0.15, 0.2) is 34.7 Å². The topological polar surface area (TPSA) is 80.2 Å². The van der Waals surface area contributed by atoms with Gasteiger partial charge in [-0.2, -0.15) is 0 Å². The van der Waals surface area contributed by atoms with Crippen LogP contribution in [0.3, 0.4) is 0 Å². The first kappa shape index (κ1) is 15.0. The van der Waals surface area contributed by atoms with Gasteiger partial charge in [0.15, 0.2) is 0 Å². The number of aromatic nitrogens is 2. The molecule has 1 aromatic heterocycles. The van der Waals surface area contributed by atoms with Crippen LogP contribution in [0.2, 0.25) is 0 Å². The van der Waals surface area contributed by atoms with Crippen molar-refractivity contribution in [2.24, 2.45) is 5.73 Å². The summed E-state index contributed by atoms with van der Waals surface area (Å²) in [6.45, 7) is 4.19. The van der Waals surface area contributed by atoms with E-state index in [2.05, 4.69) is 20.4 Å². The summed E-state index contributed by atoms with van der Waals surface area (Å²) in [5.74, 6) is 0.437. The smallest absolute Gasteiger partial charge is 0.315 e. The first-order valence-corrected chi connectivity index (χ1v) is 7.93. The van der Waals surface area contributed by atoms with E-state index in [1.807, 2.05) is 30.3 Å². The molecular formula is C16H23N5O. The van der Waals surface area contributed by atoms with Gasteiger partial charge < -0.3 is 20.4 Å². The highest BCUT2D eigenvalue weighted by atomic mass is 16.4. The van der Waals surface area contributed by atoms with E-state index in [1.165, 1.54) is 32.4 Å². The molecule has 0 unspecified atom stereocenters. The lowest BCUT2D eigenvalue weighted by atomic mass is 10.1. The molecule has 2 aromatic rings. The van der Waals surface area contributed by atoms with Crippen LogP contribution in [0.4, 0.5) is 6.01 Å². The van der Waals surface area contributed by atoms with Crippen LogP contribution in [-0.2, 0) is 0 Å². The number of hydrogen-bond acceptors (Lipinski definition) is 6. The van der Waals surface area contributed by atoms with Gasteiger partial charge in [0.25, 0.3) is 0 Å². The molecule has 22 heavy (non-hydrogen) atoms. The predicted octanol–water partition coefficient (Wildman–Crippen LogP) is 2.02. The summed E-state index contributed by atoms with van der Waals surface area (Å²) < 4.78 is 5.61. The number of nitrogens with zero attached hydrogens (tertiary/aromatic N) is 3. The summed E-state index contributed by atoms with van der Waals surface area (Å²) in [4.78, 5) is 2.46. The Labute approximate surface area is 130 Å². The number of nitrogens with one attached hydrogen (secondary N) is 1. The van der Waals surface area contributed by atoms with Gasteiger partial charge in [0, 0.05) is 13.1 Å². The number of hydrogen-bond donors (Lipinski definition) is 2. The summed E-state index contributed by atoms with van der Waals surface area (Å²) in [5.41, 5.74) is 7.11. The lowest BCUT2D eigenvalue weighted by molar-refractivity contribution is 0.236. The summed E-state index contributed by atoms with van der Waals surface area (Å²) >= 11 is 0. The number of rotatable bonds is 6. The van der Waals surface area contributed by atoms with E-state index in [4.69, 9.17) is 10.2 Å². The molecule has 6 nitrogen and oxygen atoms in total. The van der Waals surface area contributed by atoms with Crippen LogP contribution in [0.25, 0.3) is 0 Å². The van der Waals surface area contributed by atoms with E-state index in [-0.39, 0.29) is 6.04 Å². The molecule has 6 heteroatoms. The van der Waals surface area contributed by atoms with Gasteiger partial charge in [-0.15, -0.1) is 5.10 Å². The second-order valence-corrected chi connectivity index (χ2v) is 5.66. The average Bonchev–Trinajstić information content (AvgIpc) is 3.05. The minimum Gasteiger partial charge on any atom is -0.406 e. The number of nitrogens with two attached hydrogens (primary N) is 1. The maximum absolute atomic E-state index is 6.14. The minimum atomic E-state index is -0.383. The zero-order valence-corrected chi connectivity index (χ0v) is 12.7. The Balaban J connectivity index is 1.50. The van der Waals surface area contributed by atoms with E-state index in [0.717, 1.165) is 18.7 Å². The maximum Gasteiger partial charge on any atom is 0.315 e. The van der Waals surface area contributed by atoms with Crippen molar-refractivity contribution in [1.29, 1.82) is 0 Å². The van der Waals surface area contributed by atoms with E-state index in [1.54, 1.807) is 0 Å². The first-order chi connectivity index (χ1) is 10.8. The zero-order chi connectivity index (χ0) is 15.2. The Bertz CT molecular complexity index is 565. The molecule has 0 radical (unpaired) electrons. The van der Waals surface area contributed by atoms with Gasteiger partial charge in [-0.25, -0.2) is 0 Å². The highest BCUT2D eigenvalue weighted by molar-refractivity contribution is 5.25. The Kier molecular flexibility index (Phi) is 5.03. The lowest BCUT2D eigenvalue weighted by Gasteiger charge is -2.26. The molecule has 1 aromatic carbocycles. The highest BCUT2D eigenvalue weighted by Gasteiger charge is 2.16. The van der Waals surface area contributed by atoms with Crippen molar-refractivity contribution in [3.63, 3.8) is 0 Å². The normalized spacial score (nSPS) is 17.3. The third-order valence-electron chi connectivity index (χ3n) is 4.02. The number of likely N-dealkylation sites (tertiary alicyclic amines) is 1. The second kappa shape index (κ2) is 7.38. The van der Waals surface area contributed by atoms with E-state index < -0.39 is 0 Å². The summed E-state index contributed by atoms with van der Waals surface area (Å²) in [6, 6.07) is 9.82. The van der Waals surface area contributed by atoms with Crippen LogP contribution in [0.5, 0.6) is 0 Å². The molecule has 3 N–H and O–H groups in total. The van der Waals surface area contributed by atoms with Crippen LogP contribution in [0, 0.1) is 0 Å². The first-order valence-electron chi connectivity index (χ1n) is 7.93. The fraction of sp³-hybridized carbons (Fsp3) is 0.500. The minimum absolute atomic E-state index is 0.383. The second-order valence-electron chi connectivity index (χ2n) is 5.66. The van der Waals surface area contributed by atoms with Crippen molar-refractivity contribution in [3.05, 3.63) is 41.8 Å². The number of piperidine rings is 1. The van der Waals surface area contributed by atoms with Gasteiger partial charge in [-0.05, 0) is 31.5 Å². The van der Waals surface area contributed by atoms with Gasteiger partial charge >= 0.3 is 6.01 Å². The standard InChI is InChI=1S/C16H23N5O/c17-14(13-7-3-1-4-8-13)15-19-20-16(22-15)18-9-12-21-10-5-2-6-11-21/h1,3-4,7-8,14H,2,5-6,9-12,17H2,(H,18,20)/t14-/m1/s1. The van der Waals surface area contributed by atoms with Crippen LogP contribution < -0.4 is 11.1 Å². The molecule has 0 aliphatic carbocycles. The van der Waals surface area contributed by atoms with E-state index >= 15 is 0 Å². The summed E-state index contributed by atoms with van der Waals surface area (Å²) in [6.07, 6.45) is 3.96. The van der Waals surface area contributed by atoms with Gasteiger partial charge in [0.05, 0.1) is 0 Å². The molecular weight excluding hydrogens is 278 g/mol. The molecule has 3 rings (SSSR count). The molecule has 2 heterocycles. The maximum atomic E-state index is 6.14. The van der Waals surface area contributed by atoms with E-state index in [0.29, 0.717) is 11.9 Å². The van der Waals surface area contributed by atoms with Gasteiger partial charge in [-0.1, -0.05) is 41.9 Å². The van der Waals surface area contributed by atoms with Crippen molar-refractivity contribution >= 4 is 6.01 Å². The third-order valence-corrected chi connectivity index (χ3v) is 4.02. The van der Waals surface area contributed by atoms with Crippen LogP contribution in [0.1, 0.15) is 36.8 Å². The lowest BCUT2D eigenvalue weighted by Crippen LogP contribution is -2.33. The molecule has 118 valence electrons. The monoisotopic (exact) mass is 301 g/mol. The third kappa shape index (κ3) is 3.84. The Hall–Kier alpha value is -1.92. The van der Waals surface area contributed by atoms with Crippen LogP contribution >= 0.6 is 0 Å². The molecule has 1 aliphatic heterocycles. The largest absolute Gasteiger partial charge is 0.406 e. The Morgan fingerprint density at radius 2 is 1.91 bits per heavy atom. The van der Waals surface area contributed by atoms with Gasteiger partial charge in [-0.3, -0.25) is 0 Å². The Morgan fingerprint density at radius 1 is 1.14 bits per heavy atom. The quantitative estimate of drug-likeness (QED) is 0.849. The molecule has 0 amide bonds. The molecule has 1 saturated heterocycles. The molecule has 0 spiro atoms. The van der Waals surface area contributed by atoms with Crippen molar-refractivity contribution in [1.82, 2.24) is 15.1 Å². The fourth-order valence-corrected chi connectivity index (χ4v) is 2.74. The average molecular weight is 301 g/mol. The predicted molar refractivity (Wildman–Crippen MR) is 85.6 cm³/mol. The molecule has 0 bridgehead atoms. The molecule has 1 aliphatic rings. The molecule has 1 fully saturated rings. The van der Waals surface area contributed by atoms with Crippen molar-refractivity contribution in [2.75, 3.05) is 31.5 Å². The number of anilines is 1. The highest BCUT2D eigenvalue weighted by Crippen LogP contribution is 2.19. The summed E-state index contributed by atoms with van der Waals surface area (Å²) in [5, 5.41) is 11.2. The van der Waals surface area contributed by atoms with Crippen LogP contribution in [-0.4, -0.2) is 41.3 Å². The van der Waals surface area contributed by atoms with E-state index in [9.17, 15) is 0 Å². The Morgan fingerprint density at radius 3 is 2.68 bits per heavy atom.